The van der Waals surface area contributed by atoms with Crippen molar-refractivity contribution in [1.82, 2.24) is 0 Å². The number of hydrogen-bond acceptors (Lipinski definition) is 6. The van der Waals surface area contributed by atoms with E-state index in [4.69, 9.17) is 11.6 Å². The molecule has 1 heterocycles. The van der Waals surface area contributed by atoms with Crippen molar-refractivity contribution in [2.24, 2.45) is 0 Å². The number of ketones is 1. The summed E-state index contributed by atoms with van der Waals surface area (Å²) in [5.74, 6) is -5.51. The molecule has 0 saturated heterocycles. The van der Waals surface area contributed by atoms with Gasteiger partial charge < -0.3 is 25.2 Å². The Kier molecular flexibility index (Phi) is 1.84. The van der Waals surface area contributed by atoms with Crippen molar-refractivity contribution in [2.75, 3.05) is 0 Å². The summed E-state index contributed by atoms with van der Waals surface area (Å²) in [6.07, 6.45) is -5.91. The summed E-state index contributed by atoms with van der Waals surface area (Å²) < 4.78 is 45.0. The minimum atomic E-state index is -3.10. The van der Waals surface area contributed by atoms with Gasteiger partial charge in [0.05, 0.1) is 10.5 Å². The molecule has 0 spiro atoms. The Labute approximate surface area is 126 Å². The van der Waals surface area contributed by atoms with Gasteiger partial charge in [-0.3, -0.25) is 4.79 Å². The Hall–Kier alpha value is -2.89. The molecule has 21 heavy (non-hydrogen) atoms. The second-order valence-corrected chi connectivity index (χ2v) is 4.24. The molecule has 0 bridgehead atoms. The monoisotopic (exact) mass is 293 g/mol. The van der Waals surface area contributed by atoms with Crippen LogP contribution in [0.1, 0.15) is 35.2 Å². The largest absolute Gasteiger partial charge is 0.508 e. The third-order valence-electron chi connectivity index (χ3n) is 2.83. The third kappa shape index (κ3) is 2.20. The first-order valence-electron chi connectivity index (χ1n) is 8.24. The number of carbonyl (C=O) groups is 1. The van der Waals surface area contributed by atoms with Crippen molar-refractivity contribution in [2.45, 2.75) is 12.5 Å². The van der Waals surface area contributed by atoms with Gasteiger partial charge in [0, 0.05) is 14.8 Å². The van der Waals surface area contributed by atoms with Gasteiger partial charge in [-0.2, -0.15) is 0 Å². The quantitative estimate of drug-likeness (QED) is 0.600. The number of hydrogen-bond donors (Lipinski definition) is 4. The van der Waals surface area contributed by atoms with Gasteiger partial charge in [-0.25, -0.2) is 0 Å². The molecule has 1 aliphatic heterocycles. The predicted molar refractivity (Wildman–Crippen MR) is 71.9 cm³/mol. The highest BCUT2D eigenvalue weighted by Crippen LogP contribution is 2.42. The number of rotatable bonds is 1. The van der Waals surface area contributed by atoms with Crippen molar-refractivity contribution < 1.29 is 36.8 Å². The number of phenolic OH excluding ortho intramolecular Hbond substituents is 4. The summed E-state index contributed by atoms with van der Waals surface area (Å²) in [7, 11) is 0. The maximum absolute atomic E-state index is 12.6. The maximum Gasteiger partial charge on any atom is 0.174 e. The van der Waals surface area contributed by atoms with E-state index in [1.54, 1.807) is 0 Å². The Bertz CT molecular complexity index is 960. The molecule has 6 heteroatoms. The van der Waals surface area contributed by atoms with Gasteiger partial charge in [0.2, 0.25) is 0 Å². The van der Waals surface area contributed by atoms with Gasteiger partial charge in [0.1, 0.15) is 28.9 Å². The van der Waals surface area contributed by atoms with Gasteiger partial charge in [-0.1, -0.05) is 6.07 Å². The van der Waals surface area contributed by atoms with Gasteiger partial charge in [0.15, 0.2) is 17.3 Å². The number of aromatic hydroxyl groups is 4. The number of benzene rings is 2. The van der Waals surface area contributed by atoms with E-state index < -0.39 is 64.6 Å². The average Bonchev–Trinajstić information content (AvgIpc) is 2.58. The minimum Gasteiger partial charge on any atom is -0.508 e. The molecule has 0 aromatic heterocycles. The van der Waals surface area contributed by atoms with Crippen molar-refractivity contribution in [3.05, 3.63) is 41.4 Å². The average molecular weight is 293 g/mol. The lowest BCUT2D eigenvalue weighted by atomic mass is 9.95. The molecule has 0 saturated carbocycles. The molecule has 3 rings (SSSR count). The van der Waals surface area contributed by atoms with E-state index in [1.807, 2.05) is 0 Å². The normalized spacial score (nSPS) is 26.5. The fourth-order valence-corrected chi connectivity index (χ4v) is 1.86. The van der Waals surface area contributed by atoms with Crippen LogP contribution in [-0.2, 0) is 0 Å². The van der Waals surface area contributed by atoms with Crippen LogP contribution < -0.4 is 4.74 Å². The SMILES string of the molecule is [2H]c1c(O)c([2H])c2c(c1O)C(=O)C([2H])([2H])[C@@]([2H])(c1ccc(O)c(O)c1)O2. The van der Waals surface area contributed by atoms with Crippen LogP contribution in [0, 0.1) is 0 Å². The molecule has 108 valence electrons. The van der Waals surface area contributed by atoms with Gasteiger partial charge >= 0.3 is 0 Å². The molecule has 0 aliphatic carbocycles. The number of ether oxygens (including phenoxy) is 1. The first-order valence-corrected chi connectivity index (χ1v) is 5.74. The Balaban J connectivity index is 2.32. The lowest BCUT2D eigenvalue weighted by Crippen LogP contribution is -2.20. The molecule has 2 aromatic carbocycles. The zero-order chi connectivity index (χ0) is 19.6. The number of Topliss-reactive ketones (excluding diaryl/α,β-unsaturated/α-hetero) is 1. The highest BCUT2D eigenvalue weighted by molar-refractivity contribution is 6.02. The van der Waals surface area contributed by atoms with Crippen molar-refractivity contribution in [1.29, 1.82) is 0 Å². The molecule has 4 N–H and O–H groups in total. The van der Waals surface area contributed by atoms with Crippen molar-refractivity contribution in [3.8, 4) is 28.7 Å². The highest BCUT2D eigenvalue weighted by Gasteiger charge is 2.31. The number of phenols is 4. The zero-order valence-electron chi connectivity index (χ0n) is 15.3. The van der Waals surface area contributed by atoms with Crippen LogP contribution in [0.4, 0.5) is 0 Å². The second kappa shape index (κ2) is 4.59. The third-order valence-corrected chi connectivity index (χ3v) is 2.83. The summed E-state index contributed by atoms with van der Waals surface area (Å²) in [6.45, 7) is 0. The summed E-state index contributed by atoms with van der Waals surface area (Å²) in [6, 6.07) is 1.01. The van der Waals surface area contributed by atoms with E-state index in [0.29, 0.717) is 0 Å². The minimum absolute atomic E-state index is 0.356. The summed E-state index contributed by atoms with van der Waals surface area (Å²) in [4.78, 5) is 12.6. The smallest absolute Gasteiger partial charge is 0.174 e. The van der Waals surface area contributed by atoms with Crippen LogP contribution in [0.5, 0.6) is 28.7 Å². The molecule has 1 aliphatic rings. The number of fused-ring (bicyclic) bond motifs is 1. The van der Waals surface area contributed by atoms with Crippen LogP contribution in [0.3, 0.4) is 0 Å². The summed E-state index contributed by atoms with van der Waals surface area (Å²) >= 11 is 0. The maximum atomic E-state index is 12.6. The first kappa shape index (κ1) is 8.41. The van der Waals surface area contributed by atoms with E-state index in [1.165, 1.54) is 0 Å². The topological polar surface area (TPSA) is 107 Å². The first-order chi connectivity index (χ1) is 11.9. The summed E-state index contributed by atoms with van der Waals surface area (Å²) in [5.41, 5.74) is -1.18. The standard InChI is InChI=1S/C15H12O6/c16-8-4-11(19)15-12(20)6-13(21-14(15)5-8)7-1-2-9(17)10(18)3-7/h1-5,13,16-19H,6H2/t13-/m0/s1/i4D,5D,6D2,13D. The van der Waals surface area contributed by atoms with Crippen LogP contribution in [-0.4, -0.2) is 26.2 Å². The zero-order valence-corrected chi connectivity index (χ0v) is 10.3. The van der Waals surface area contributed by atoms with E-state index >= 15 is 0 Å². The molecule has 6 nitrogen and oxygen atoms in total. The molecule has 0 radical (unpaired) electrons. The Morgan fingerprint density at radius 3 is 2.67 bits per heavy atom. The fraction of sp³-hybridized carbons (Fsp3) is 0.133. The molecular formula is C15H12O6. The van der Waals surface area contributed by atoms with Gasteiger partial charge in [-0.15, -0.1) is 0 Å². The lowest BCUT2D eigenvalue weighted by molar-refractivity contribution is 0.0844. The fourth-order valence-electron chi connectivity index (χ4n) is 1.86. The van der Waals surface area contributed by atoms with E-state index in [-0.39, 0.29) is 5.56 Å². The Morgan fingerprint density at radius 2 is 1.95 bits per heavy atom. The second-order valence-electron chi connectivity index (χ2n) is 4.24. The van der Waals surface area contributed by atoms with Crippen LogP contribution in [0.2, 0.25) is 0 Å². The molecule has 0 amide bonds. The number of carbonyl (C=O) groups excluding carboxylic acids is 1. The van der Waals surface area contributed by atoms with E-state index in [2.05, 4.69) is 0 Å². The molecular weight excluding hydrogens is 276 g/mol. The molecule has 0 unspecified atom stereocenters. The van der Waals surface area contributed by atoms with E-state index in [0.717, 1.165) is 18.2 Å². The van der Waals surface area contributed by atoms with Crippen molar-refractivity contribution in [3.63, 3.8) is 0 Å². The molecule has 2 aromatic rings. The Morgan fingerprint density at radius 1 is 1.19 bits per heavy atom. The van der Waals surface area contributed by atoms with Crippen molar-refractivity contribution >= 4 is 5.78 Å². The summed E-state index contributed by atoms with van der Waals surface area (Å²) in [5, 5.41) is 38.7. The molecule has 1 atom stereocenters. The highest BCUT2D eigenvalue weighted by atomic mass is 16.5. The van der Waals surface area contributed by atoms with E-state index in [9.17, 15) is 25.2 Å². The van der Waals surface area contributed by atoms with Crippen LogP contribution in [0.25, 0.3) is 0 Å². The van der Waals surface area contributed by atoms with Gasteiger partial charge in [0.25, 0.3) is 0 Å². The van der Waals surface area contributed by atoms with Crippen LogP contribution in [0.15, 0.2) is 30.3 Å². The predicted octanol–water partition coefficient (Wildman–Crippen LogP) is 2.22. The van der Waals surface area contributed by atoms with Crippen LogP contribution >= 0.6 is 0 Å². The lowest BCUT2D eigenvalue weighted by Gasteiger charge is -2.26. The molecule has 0 fully saturated rings. The van der Waals surface area contributed by atoms with Gasteiger partial charge in [-0.05, 0) is 17.7 Å².